The van der Waals surface area contributed by atoms with Gasteiger partial charge in [0.25, 0.3) is 0 Å². The van der Waals surface area contributed by atoms with Crippen molar-refractivity contribution < 1.29 is 0 Å². The number of aromatic nitrogens is 4. The van der Waals surface area contributed by atoms with Crippen LogP contribution < -0.4 is 11.1 Å². The van der Waals surface area contributed by atoms with Crippen LogP contribution in [0, 0.1) is 0 Å². The van der Waals surface area contributed by atoms with Crippen molar-refractivity contribution in [2.75, 3.05) is 11.1 Å². The number of hydrogen-bond acceptors (Lipinski definition) is 5. The zero-order chi connectivity index (χ0) is 11.5. The lowest BCUT2D eigenvalue weighted by Gasteiger charge is -2.05. The van der Waals surface area contributed by atoms with Gasteiger partial charge in [-0.1, -0.05) is 6.92 Å². The summed E-state index contributed by atoms with van der Waals surface area (Å²) in [5.41, 5.74) is 6.56. The molecule has 0 aliphatic heterocycles. The van der Waals surface area contributed by atoms with Gasteiger partial charge < -0.3 is 11.1 Å². The van der Waals surface area contributed by atoms with Crippen molar-refractivity contribution in [3.63, 3.8) is 0 Å². The second kappa shape index (κ2) is 4.18. The Kier molecular flexibility index (Phi) is 2.72. The maximum Gasteiger partial charge on any atom is 0.136 e. The summed E-state index contributed by atoms with van der Waals surface area (Å²) in [5, 5.41) is 7.18. The van der Waals surface area contributed by atoms with Crippen molar-refractivity contribution >= 4 is 17.3 Å². The van der Waals surface area contributed by atoms with E-state index in [0.717, 1.165) is 17.9 Å². The fourth-order valence-electron chi connectivity index (χ4n) is 1.37. The van der Waals surface area contributed by atoms with E-state index in [1.54, 1.807) is 16.9 Å². The standard InChI is InChI=1S/C10H14N6/c1-3-9-14-8(11)4-10(15-9)13-7-5-12-16(2)6-7/h4-6H,3H2,1-2H3,(H3,11,13,14,15). The summed E-state index contributed by atoms with van der Waals surface area (Å²) >= 11 is 0. The highest BCUT2D eigenvalue weighted by Crippen LogP contribution is 2.15. The Hall–Kier alpha value is -2.11. The van der Waals surface area contributed by atoms with E-state index in [1.165, 1.54) is 0 Å². The summed E-state index contributed by atoms with van der Waals surface area (Å²) in [5.74, 6) is 1.89. The lowest BCUT2D eigenvalue weighted by molar-refractivity contribution is 0.768. The second-order valence-corrected chi connectivity index (χ2v) is 3.48. The Morgan fingerprint density at radius 2 is 2.25 bits per heavy atom. The van der Waals surface area contributed by atoms with Crippen LogP contribution >= 0.6 is 0 Å². The third kappa shape index (κ3) is 2.28. The van der Waals surface area contributed by atoms with E-state index in [9.17, 15) is 0 Å². The Morgan fingerprint density at radius 1 is 1.44 bits per heavy atom. The van der Waals surface area contributed by atoms with E-state index in [1.807, 2.05) is 20.2 Å². The van der Waals surface area contributed by atoms with Crippen LogP contribution in [0.2, 0.25) is 0 Å². The number of nitrogen functional groups attached to an aromatic ring is 1. The predicted molar refractivity (Wildman–Crippen MR) is 62.3 cm³/mol. The average Bonchev–Trinajstić information content (AvgIpc) is 2.63. The molecular weight excluding hydrogens is 204 g/mol. The predicted octanol–water partition coefficient (Wildman–Crippen LogP) is 1.10. The normalized spacial score (nSPS) is 10.4. The van der Waals surface area contributed by atoms with E-state index < -0.39 is 0 Å². The lowest BCUT2D eigenvalue weighted by atomic mass is 10.4. The molecule has 2 aromatic heterocycles. The molecule has 0 spiro atoms. The minimum atomic E-state index is 0.471. The van der Waals surface area contributed by atoms with E-state index in [0.29, 0.717) is 11.6 Å². The second-order valence-electron chi connectivity index (χ2n) is 3.48. The van der Waals surface area contributed by atoms with Crippen LogP contribution in [0.1, 0.15) is 12.7 Å². The Bertz CT molecular complexity index is 490. The fourth-order valence-corrected chi connectivity index (χ4v) is 1.37. The van der Waals surface area contributed by atoms with Crippen molar-refractivity contribution in [1.29, 1.82) is 0 Å². The van der Waals surface area contributed by atoms with Crippen LogP contribution in [0.5, 0.6) is 0 Å². The van der Waals surface area contributed by atoms with Gasteiger partial charge in [-0.3, -0.25) is 4.68 Å². The Balaban J connectivity index is 2.24. The molecule has 2 rings (SSSR count). The minimum Gasteiger partial charge on any atom is -0.384 e. The van der Waals surface area contributed by atoms with Crippen LogP contribution in [0.4, 0.5) is 17.3 Å². The zero-order valence-corrected chi connectivity index (χ0v) is 9.31. The molecule has 0 aliphatic carbocycles. The summed E-state index contributed by atoms with van der Waals surface area (Å²) in [7, 11) is 1.86. The molecule has 0 fully saturated rings. The topological polar surface area (TPSA) is 81.6 Å². The van der Waals surface area contributed by atoms with Gasteiger partial charge in [0, 0.05) is 25.7 Å². The number of rotatable bonds is 3. The molecule has 6 heteroatoms. The lowest BCUT2D eigenvalue weighted by Crippen LogP contribution is -2.02. The van der Waals surface area contributed by atoms with Crippen LogP contribution in [-0.4, -0.2) is 19.7 Å². The summed E-state index contributed by atoms with van der Waals surface area (Å²) in [4.78, 5) is 8.42. The third-order valence-corrected chi connectivity index (χ3v) is 2.09. The molecule has 0 bridgehead atoms. The molecule has 3 N–H and O–H groups in total. The number of hydrogen-bond donors (Lipinski definition) is 2. The molecule has 0 atom stereocenters. The van der Waals surface area contributed by atoms with Gasteiger partial charge in [-0.25, -0.2) is 9.97 Å². The highest BCUT2D eigenvalue weighted by molar-refractivity contribution is 5.56. The highest BCUT2D eigenvalue weighted by Gasteiger charge is 2.02. The largest absolute Gasteiger partial charge is 0.384 e. The number of nitrogens with zero attached hydrogens (tertiary/aromatic N) is 4. The van der Waals surface area contributed by atoms with Gasteiger partial charge in [-0.2, -0.15) is 5.10 Å². The molecule has 16 heavy (non-hydrogen) atoms. The van der Waals surface area contributed by atoms with Crippen LogP contribution in [-0.2, 0) is 13.5 Å². The number of nitrogens with two attached hydrogens (primary N) is 1. The first-order chi connectivity index (χ1) is 7.67. The molecule has 0 aliphatic rings. The van der Waals surface area contributed by atoms with Crippen molar-refractivity contribution in [1.82, 2.24) is 19.7 Å². The quantitative estimate of drug-likeness (QED) is 0.806. The van der Waals surface area contributed by atoms with Gasteiger partial charge in [0.1, 0.15) is 17.5 Å². The van der Waals surface area contributed by atoms with Gasteiger partial charge in [-0.05, 0) is 0 Å². The summed E-state index contributed by atoms with van der Waals surface area (Å²) in [6.45, 7) is 1.99. The number of nitrogens with one attached hydrogen (secondary N) is 1. The molecule has 0 unspecified atom stereocenters. The number of anilines is 3. The van der Waals surface area contributed by atoms with Crippen molar-refractivity contribution in [2.24, 2.45) is 7.05 Å². The first kappa shape index (κ1) is 10.4. The molecule has 0 amide bonds. The van der Waals surface area contributed by atoms with E-state index >= 15 is 0 Å². The molecule has 0 aromatic carbocycles. The Labute approximate surface area is 93.5 Å². The van der Waals surface area contributed by atoms with Crippen LogP contribution in [0.25, 0.3) is 0 Å². The van der Waals surface area contributed by atoms with Gasteiger partial charge >= 0.3 is 0 Å². The van der Waals surface area contributed by atoms with Gasteiger partial charge in [0.2, 0.25) is 0 Å². The molecule has 0 saturated heterocycles. The van der Waals surface area contributed by atoms with E-state index in [-0.39, 0.29) is 0 Å². The van der Waals surface area contributed by atoms with E-state index in [2.05, 4.69) is 20.4 Å². The average molecular weight is 218 g/mol. The SMILES string of the molecule is CCc1nc(N)cc(Nc2cnn(C)c2)n1. The molecule has 2 aromatic rings. The van der Waals surface area contributed by atoms with Gasteiger partial charge in [0.15, 0.2) is 0 Å². The first-order valence-electron chi connectivity index (χ1n) is 5.06. The molecule has 0 radical (unpaired) electrons. The van der Waals surface area contributed by atoms with E-state index in [4.69, 9.17) is 5.73 Å². The van der Waals surface area contributed by atoms with Crippen LogP contribution in [0.3, 0.4) is 0 Å². The van der Waals surface area contributed by atoms with Gasteiger partial charge in [0.05, 0.1) is 11.9 Å². The molecule has 6 nitrogen and oxygen atoms in total. The smallest absolute Gasteiger partial charge is 0.136 e. The fraction of sp³-hybridized carbons (Fsp3) is 0.300. The summed E-state index contributed by atoms with van der Waals surface area (Å²) in [6.07, 6.45) is 4.35. The monoisotopic (exact) mass is 218 g/mol. The molecule has 2 heterocycles. The van der Waals surface area contributed by atoms with Crippen molar-refractivity contribution in [3.05, 3.63) is 24.3 Å². The molecule has 84 valence electrons. The first-order valence-corrected chi connectivity index (χ1v) is 5.06. The zero-order valence-electron chi connectivity index (χ0n) is 9.31. The van der Waals surface area contributed by atoms with Crippen LogP contribution in [0.15, 0.2) is 18.5 Å². The van der Waals surface area contributed by atoms with Crippen molar-refractivity contribution in [2.45, 2.75) is 13.3 Å². The Morgan fingerprint density at radius 3 is 2.88 bits per heavy atom. The van der Waals surface area contributed by atoms with Gasteiger partial charge in [-0.15, -0.1) is 0 Å². The molecular formula is C10H14N6. The summed E-state index contributed by atoms with van der Waals surface area (Å²) in [6, 6.07) is 1.70. The highest BCUT2D eigenvalue weighted by atomic mass is 15.3. The van der Waals surface area contributed by atoms with Crippen molar-refractivity contribution in [3.8, 4) is 0 Å². The maximum absolute atomic E-state index is 5.68. The molecule has 0 saturated carbocycles. The maximum atomic E-state index is 5.68. The minimum absolute atomic E-state index is 0.471. The summed E-state index contributed by atoms with van der Waals surface area (Å²) < 4.78 is 1.72. The third-order valence-electron chi connectivity index (χ3n) is 2.09. The number of aryl methyl sites for hydroxylation is 2.